The molecule has 0 aliphatic carbocycles. The lowest BCUT2D eigenvalue weighted by Gasteiger charge is -2.38. The maximum absolute atomic E-state index is 13.3. The van der Waals surface area contributed by atoms with Crippen molar-refractivity contribution in [3.63, 3.8) is 0 Å². The third-order valence-corrected chi connectivity index (χ3v) is 5.33. The lowest BCUT2D eigenvalue weighted by atomic mass is 9.83. The van der Waals surface area contributed by atoms with Crippen molar-refractivity contribution in [3.8, 4) is 0 Å². The molecule has 2 rings (SSSR count). The molecule has 1 heterocycles. The number of carbonyl (C=O) groups is 1. The van der Waals surface area contributed by atoms with Crippen LogP contribution < -0.4 is 0 Å². The molecule has 0 saturated carbocycles. The predicted octanol–water partition coefficient (Wildman–Crippen LogP) is 2.56. The Morgan fingerprint density at radius 3 is 2.30 bits per heavy atom. The van der Waals surface area contributed by atoms with Crippen molar-refractivity contribution in [3.05, 3.63) is 35.6 Å². The summed E-state index contributed by atoms with van der Waals surface area (Å²) in [6.07, 6.45) is 3.23. The average molecular weight is 383 g/mol. The van der Waals surface area contributed by atoms with E-state index >= 15 is 0 Å². The Labute approximate surface area is 159 Å². The summed E-state index contributed by atoms with van der Waals surface area (Å²) in [5.74, 6) is -3.39. The van der Waals surface area contributed by atoms with Gasteiger partial charge in [0.15, 0.2) is 0 Å². The molecule has 4 N–H and O–H groups in total. The highest BCUT2D eigenvalue weighted by Crippen LogP contribution is 2.47. The van der Waals surface area contributed by atoms with Gasteiger partial charge in [0, 0.05) is 18.5 Å². The first-order chi connectivity index (χ1) is 12.6. The Bertz CT molecular complexity index is 634. The normalized spacial score (nSPS) is 25.2. The number of likely N-dealkylation sites (tertiary alicyclic amines) is 1. The molecule has 1 saturated heterocycles. The summed E-state index contributed by atoms with van der Waals surface area (Å²) < 4.78 is 13.3. The molecular weight excluding hydrogens is 353 g/mol. The van der Waals surface area contributed by atoms with Crippen LogP contribution in [0.3, 0.4) is 0 Å². The van der Waals surface area contributed by atoms with Crippen LogP contribution in [0, 0.1) is 5.82 Å². The number of carboxylic acids is 1. The van der Waals surface area contributed by atoms with Gasteiger partial charge in [-0.05, 0) is 44.4 Å². The number of halogens is 1. The average Bonchev–Trinajstić information content (AvgIpc) is 2.77. The van der Waals surface area contributed by atoms with Gasteiger partial charge in [0.1, 0.15) is 11.4 Å². The third-order valence-electron chi connectivity index (χ3n) is 5.33. The number of unbranched alkanes of at least 4 members (excludes halogenated alkanes) is 3. The highest BCUT2D eigenvalue weighted by Gasteiger charge is 2.59. The number of aliphatic hydroxyl groups is 3. The van der Waals surface area contributed by atoms with Gasteiger partial charge in [-0.2, -0.15) is 0 Å². The highest BCUT2D eigenvalue weighted by molar-refractivity contribution is 5.66. The van der Waals surface area contributed by atoms with Crippen molar-refractivity contribution >= 4 is 5.97 Å². The maximum Gasteiger partial charge on any atom is 0.303 e. The highest BCUT2D eigenvalue weighted by atomic mass is 19.1. The van der Waals surface area contributed by atoms with Crippen LogP contribution in [0.4, 0.5) is 4.39 Å². The number of hydrogen-bond donors (Lipinski definition) is 4. The molecule has 1 fully saturated rings. The quantitative estimate of drug-likeness (QED) is 0.386. The maximum atomic E-state index is 13.3. The lowest BCUT2D eigenvalue weighted by Crippen LogP contribution is -2.52. The molecule has 152 valence electrons. The molecular formula is C20H30FNO5. The minimum absolute atomic E-state index is 0.136. The van der Waals surface area contributed by atoms with Crippen molar-refractivity contribution in [1.82, 2.24) is 4.90 Å². The molecule has 0 spiro atoms. The zero-order chi connectivity index (χ0) is 20.2. The molecule has 27 heavy (non-hydrogen) atoms. The second-order valence-corrected chi connectivity index (χ2v) is 7.75. The predicted molar refractivity (Wildman–Crippen MR) is 98.2 cm³/mol. The van der Waals surface area contributed by atoms with E-state index in [2.05, 4.69) is 0 Å². The molecule has 1 aromatic carbocycles. The molecule has 2 atom stereocenters. The van der Waals surface area contributed by atoms with E-state index < -0.39 is 29.3 Å². The third kappa shape index (κ3) is 5.04. The first-order valence-electron chi connectivity index (χ1n) is 9.51. The summed E-state index contributed by atoms with van der Waals surface area (Å²) in [7, 11) is 0. The number of aliphatic carboxylic acids is 1. The summed E-state index contributed by atoms with van der Waals surface area (Å²) >= 11 is 0. The van der Waals surface area contributed by atoms with Gasteiger partial charge in [0.05, 0.1) is 6.42 Å². The minimum Gasteiger partial charge on any atom is -0.481 e. The van der Waals surface area contributed by atoms with Crippen LogP contribution in [0.15, 0.2) is 24.3 Å². The molecule has 0 aromatic heterocycles. The topological polar surface area (TPSA) is 101 Å². The first-order valence-corrected chi connectivity index (χ1v) is 9.51. The van der Waals surface area contributed by atoms with Gasteiger partial charge < -0.3 is 20.4 Å². The number of hydrogen-bond acceptors (Lipinski definition) is 5. The van der Waals surface area contributed by atoms with E-state index in [9.17, 15) is 24.5 Å². The van der Waals surface area contributed by atoms with Crippen molar-refractivity contribution in [2.45, 2.75) is 82.4 Å². The smallest absolute Gasteiger partial charge is 0.303 e. The van der Waals surface area contributed by atoms with E-state index in [-0.39, 0.29) is 18.9 Å². The fourth-order valence-electron chi connectivity index (χ4n) is 4.20. The molecule has 0 bridgehead atoms. The van der Waals surface area contributed by atoms with Crippen LogP contribution in [-0.4, -0.2) is 49.3 Å². The summed E-state index contributed by atoms with van der Waals surface area (Å²) in [6.45, 7) is 3.66. The van der Waals surface area contributed by atoms with Crippen molar-refractivity contribution in [2.24, 2.45) is 0 Å². The van der Waals surface area contributed by atoms with E-state index in [0.29, 0.717) is 24.8 Å². The van der Waals surface area contributed by atoms with Gasteiger partial charge in [-0.1, -0.05) is 31.4 Å². The lowest BCUT2D eigenvalue weighted by molar-refractivity contribution is -0.261. The summed E-state index contributed by atoms with van der Waals surface area (Å²) in [4.78, 5) is 12.1. The van der Waals surface area contributed by atoms with Crippen LogP contribution in [-0.2, 0) is 10.4 Å². The Morgan fingerprint density at radius 1 is 1.15 bits per heavy atom. The molecule has 6 nitrogen and oxygen atoms in total. The zero-order valence-electron chi connectivity index (χ0n) is 15.9. The number of carboxylic acid groups (broad SMARTS) is 1. The summed E-state index contributed by atoms with van der Waals surface area (Å²) in [5, 5.41) is 41.1. The Morgan fingerprint density at radius 2 is 1.74 bits per heavy atom. The minimum atomic E-state index is -2.16. The summed E-state index contributed by atoms with van der Waals surface area (Å²) in [5.41, 5.74) is -1.06. The fraction of sp³-hybridized carbons (Fsp3) is 0.650. The number of nitrogens with zero attached hydrogens (tertiary/aromatic N) is 1. The van der Waals surface area contributed by atoms with Gasteiger partial charge in [-0.25, -0.2) is 9.29 Å². The second-order valence-electron chi connectivity index (χ2n) is 7.75. The zero-order valence-corrected chi connectivity index (χ0v) is 15.9. The van der Waals surface area contributed by atoms with Gasteiger partial charge in [0.25, 0.3) is 0 Å². The van der Waals surface area contributed by atoms with E-state index in [1.54, 1.807) is 0 Å². The van der Waals surface area contributed by atoms with Crippen LogP contribution in [0.5, 0.6) is 0 Å². The Hall–Kier alpha value is -1.54. The molecule has 1 aliphatic heterocycles. The number of rotatable bonds is 9. The van der Waals surface area contributed by atoms with Crippen molar-refractivity contribution in [1.29, 1.82) is 0 Å². The Kier molecular flexibility index (Phi) is 6.97. The van der Waals surface area contributed by atoms with Crippen molar-refractivity contribution in [2.75, 3.05) is 0 Å². The van der Waals surface area contributed by atoms with Crippen LogP contribution in [0.25, 0.3) is 0 Å². The molecule has 0 unspecified atom stereocenters. The largest absolute Gasteiger partial charge is 0.481 e. The summed E-state index contributed by atoms with van der Waals surface area (Å²) in [6, 6.07) is 4.71. The van der Waals surface area contributed by atoms with Crippen LogP contribution >= 0.6 is 0 Å². The van der Waals surface area contributed by atoms with E-state index in [4.69, 9.17) is 5.11 Å². The van der Waals surface area contributed by atoms with Gasteiger partial charge in [-0.15, -0.1) is 0 Å². The molecule has 7 heteroatoms. The molecule has 0 radical (unpaired) electrons. The molecule has 1 aliphatic rings. The second kappa shape index (κ2) is 8.65. The van der Waals surface area contributed by atoms with E-state index in [0.717, 1.165) is 12.8 Å². The standard InChI is InChI=1S/C20H30FNO5/c1-14(2)22-17(7-5-3-4-6-8-18(23)24)19(25,13-20(22,26)27)15-9-11-16(21)12-10-15/h9-12,14,17,25-27H,3-8,13H2,1-2H3,(H,23,24)/t17-,19-/m1/s1. The Balaban J connectivity index is 2.15. The van der Waals surface area contributed by atoms with Crippen LogP contribution in [0.2, 0.25) is 0 Å². The van der Waals surface area contributed by atoms with Gasteiger partial charge in [-0.3, -0.25) is 4.79 Å². The van der Waals surface area contributed by atoms with E-state index in [1.165, 1.54) is 29.2 Å². The SMILES string of the molecule is CC(C)N1[C@H](CCCCCCC(=O)O)[C@](O)(c2ccc(F)cc2)CC1(O)O. The fourth-order valence-corrected chi connectivity index (χ4v) is 4.20. The van der Waals surface area contributed by atoms with Gasteiger partial charge in [0.2, 0.25) is 5.91 Å². The van der Waals surface area contributed by atoms with Gasteiger partial charge >= 0.3 is 5.97 Å². The number of benzene rings is 1. The molecule has 1 aromatic rings. The van der Waals surface area contributed by atoms with Crippen LogP contribution in [0.1, 0.15) is 64.4 Å². The molecule has 0 amide bonds. The van der Waals surface area contributed by atoms with Crippen molar-refractivity contribution < 1.29 is 29.6 Å². The van der Waals surface area contributed by atoms with E-state index in [1.807, 2.05) is 13.8 Å². The first kappa shape index (κ1) is 21.8. The monoisotopic (exact) mass is 383 g/mol.